The molecule has 31 heavy (non-hydrogen) atoms. The van der Waals surface area contributed by atoms with Crippen molar-refractivity contribution in [2.75, 3.05) is 0 Å². The predicted molar refractivity (Wildman–Crippen MR) is 128 cm³/mol. The molecule has 0 fully saturated rings. The van der Waals surface area contributed by atoms with Crippen LogP contribution >= 0.6 is 7.14 Å². The third kappa shape index (κ3) is 3.41. The van der Waals surface area contributed by atoms with E-state index in [0.29, 0.717) is 5.89 Å². The Balaban J connectivity index is 1.81. The first-order valence-corrected chi connectivity index (χ1v) is 12.0. The quantitative estimate of drug-likeness (QED) is 0.346. The van der Waals surface area contributed by atoms with Crippen LogP contribution in [-0.2, 0) is 4.57 Å². The first-order valence-electron chi connectivity index (χ1n) is 10.3. The largest absolute Gasteiger partial charge is 0.436 e. The number of benzene rings is 4. The molecule has 5 rings (SSSR count). The Morgan fingerprint density at radius 1 is 0.710 bits per heavy atom. The Labute approximate surface area is 181 Å². The maximum absolute atomic E-state index is 14.9. The molecular weight excluding hydrogens is 401 g/mol. The zero-order chi connectivity index (χ0) is 21.4. The standard InChI is InChI=1S/C27H22NO2P/c1-19-14-16-26(23(17-19)27-28-24-18-20(2)13-15-25(24)30-27)31(29,21-9-5-3-6-10-21)22-11-7-4-8-12-22/h3-18H,1-2H3. The number of hydrogen-bond acceptors (Lipinski definition) is 3. The summed E-state index contributed by atoms with van der Waals surface area (Å²) in [4.78, 5) is 4.76. The molecule has 0 aliphatic carbocycles. The molecule has 0 N–H and O–H groups in total. The number of fused-ring (bicyclic) bond motifs is 1. The smallest absolute Gasteiger partial charge is 0.228 e. The van der Waals surface area contributed by atoms with Gasteiger partial charge in [0.2, 0.25) is 5.89 Å². The van der Waals surface area contributed by atoms with Gasteiger partial charge in [-0.2, -0.15) is 0 Å². The molecule has 1 aromatic heterocycles. The summed E-state index contributed by atoms with van der Waals surface area (Å²) < 4.78 is 21.1. The van der Waals surface area contributed by atoms with Gasteiger partial charge in [-0.25, -0.2) is 4.98 Å². The Morgan fingerprint density at radius 2 is 1.29 bits per heavy atom. The second-order valence-electron chi connectivity index (χ2n) is 7.79. The highest BCUT2D eigenvalue weighted by atomic mass is 31.2. The molecule has 4 aromatic carbocycles. The predicted octanol–water partition coefficient (Wildman–Crippen LogP) is 5.75. The lowest BCUT2D eigenvalue weighted by Gasteiger charge is -2.22. The van der Waals surface area contributed by atoms with E-state index < -0.39 is 7.14 Å². The molecule has 1 heterocycles. The Morgan fingerprint density at radius 3 is 1.94 bits per heavy atom. The fraction of sp³-hybridized carbons (Fsp3) is 0.0741. The SMILES string of the molecule is Cc1ccc(P(=O)(c2ccccc2)c2ccccc2)c(-c2nc3cc(C)ccc3o2)c1. The monoisotopic (exact) mass is 423 g/mol. The summed E-state index contributed by atoms with van der Waals surface area (Å²) in [5.41, 5.74) is 4.48. The average molecular weight is 423 g/mol. The summed E-state index contributed by atoms with van der Waals surface area (Å²) in [5.74, 6) is 0.492. The maximum atomic E-state index is 14.9. The summed E-state index contributed by atoms with van der Waals surface area (Å²) in [7, 11) is -3.15. The lowest BCUT2D eigenvalue weighted by Crippen LogP contribution is -2.26. The van der Waals surface area contributed by atoms with Crippen LogP contribution in [0.2, 0.25) is 0 Å². The molecule has 0 aliphatic rings. The number of hydrogen-bond donors (Lipinski definition) is 0. The van der Waals surface area contributed by atoms with Crippen LogP contribution in [0.15, 0.2) is 101 Å². The van der Waals surface area contributed by atoms with E-state index >= 15 is 0 Å². The van der Waals surface area contributed by atoms with Crippen molar-refractivity contribution in [1.29, 1.82) is 0 Å². The fourth-order valence-electron chi connectivity index (χ4n) is 3.95. The lowest BCUT2D eigenvalue weighted by atomic mass is 10.1. The van der Waals surface area contributed by atoms with Crippen LogP contribution in [0.4, 0.5) is 0 Å². The van der Waals surface area contributed by atoms with E-state index in [9.17, 15) is 4.57 Å². The Kier molecular flexibility index (Phi) is 4.84. The molecular formula is C27H22NO2P. The minimum absolute atomic E-state index is 0.492. The van der Waals surface area contributed by atoms with Crippen LogP contribution in [0.1, 0.15) is 11.1 Å². The van der Waals surface area contributed by atoms with Gasteiger partial charge in [-0.05, 0) is 43.7 Å². The van der Waals surface area contributed by atoms with Crippen molar-refractivity contribution < 1.29 is 8.98 Å². The van der Waals surface area contributed by atoms with Crippen LogP contribution in [0.25, 0.3) is 22.6 Å². The van der Waals surface area contributed by atoms with Crippen molar-refractivity contribution in [3.63, 3.8) is 0 Å². The van der Waals surface area contributed by atoms with Crippen LogP contribution in [0.3, 0.4) is 0 Å². The molecule has 5 aromatic rings. The molecule has 0 spiro atoms. The highest BCUT2D eigenvalue weighted by Gasteiger charge is 2.33. The van der Waals surface area contributed by atoms with Crippen LogP contribution in [0, 0.1) is 13.8 Å². The normalized spacial score (nSPS) is 11.7. The van der Waals surface area contributed by atoms with Crippen molar-refractivity contribution in [3.05, 3.63) is 108 Å². The molecule has 0 saturated heterocycles. The van der Waals surface area contributed by atoms with Gasteiger partial charge >= 0.3 is 0 Å². The second kappa shape index (κ2) is 7.68. The van der Waals surface area contributed by atoms with Gasteiger partial charge < -0.3 is 8.98 Å². The van der Waals surface area contributed by atoms with E-state index in [4.69, 9.17) is 9.40 Å². The maximum Gasteiger partial charge on any atom is 0.228 e. The second-order valence-corrected chi connectivity index (χ2v) is 10.5. The van der Waals surface area contributed by atoms with Gasteiger partial charge in [0.25, 0.3) is 0 Å². The molecule has 0 amide bonds. The zero-order valence-electron chi connectivity index (χ0n) is 17.4. The van der Waals surface area contributed by atoms with E-state index in [1.165, 1.54) is 0 Å². The molecule has 0 radical (unpaired) electrons. The van der Waals surface area contributed by atoms with E-state index in [0.717, 1.165) is 43.7 Å². The van der Waals surface area contributed by atoms with Gasteiger partial charge in [0.15, 0.2) is 12.7 Å². The van der Waals surface area contributed by atoms with Crippen molar-refractivity contribution in [1.82, 2.24) is 4.98 Å². The number of aryl methyl sites for hydroxylation is 2. The van der Waals surface area contributed by atoms with Crippen molar-refractivity contribution >= 4 is 34.2 Å². The molecule has 0 saturated carbocycles. The summed E-state index contributed by atoms with van der Waals surface area (Å²) >= 11 is 0. The minimum Gasteiger partial charge on any atom is -0.436 e. The van der Waals surface area contributed by atoms with E-state index in [2.05, 4.69) is 0 Å². The van der Waals surface area contributed by atoms with E-state index in [1.807, 2.05) is 111 Å². The summed E-state index contributed by atoms with van der Waals surface area (Å²) in [6.45, 7) is 4.06. The summed E-state index contributed by atoms with van der Waals surface area (Å²) in [6.07, 6.45) is 0. The topological polar surface area (TPSA) is 43.1 Å². The van der Waals surface area contributed by atoms with Gasteiger partial charge in [-0.15, -0.1) is 0 Å². The fourth-order valence-corrected chi connectivity index (χ4v) is 6.77. The molecule has 0 bridgehead atoms. The third-order valence-corrected chi connectivity index (χ3v) is 8.62. The molecule has 0 unspecified atom stereocenters. The zero-order valence-corrected chi connectivity index (χ0v) is 18.3. The van der Waals surface area contributed by atoms with Gasteiger partial charge in [0.1, 0.15) is 5.52 Å². The highest BCUT2D eigenvalue weighted by molar-refractivity contribution is 7.85. The minimum atomic E-state index is -3.15. The van der Waals surface area contributed by atoms with Crippen LogP contribution in [0.5, 0.6) is 0 Å². The molecule has 4 heteroatoms. The van der Waals surface area contributed by atoms with Gasteiger partial charge in [0.05, 0.1) is 0 Å². The van der Waals surface area contributed by atoms with Gasteiger partial charge in [-0.3, -0.25) is 0 Å². The van der Waals surface area contributed by atoms with Crippen LogP contribution < -0.4 is 15.9 Å². The average Bonchev–Trinajstić information content (AvgIpc) is 3.23. The number of aromatic nitrogens is 1. The number of nitrogens with zero attached hydrogens (tertiary/aromatic N) is 1. The Hall–Kier alpha value is -3.42. The van der Waals surface area contributed by atoms with Crippen LogP contribution in [-0.4, -0.2) is 4.98 Å². The van der Waals surface area contributed by atoms with Crippen molar-refractivity contribution in [3.8, 4) is 11.5 Å². The molecule has 0 atom stereocenters. The summed E-state index contributed by atoms with van der Waals surface area (Å²) in [6, 6.07) is 31.3. The van der Waals surface area contributed by atoms with Crippen molar-refractivity contribution in [2.24, 2.45) is 0 Å². The summed E-state index contributed by atoms with van der Waals surface area (Å²) in [5, 5.41) is 2.32. The number of oxazole rings is 1. The van der Waals surface area contributed by atoms with Crippen molar-refractivity contribution in [2.45, 2.75) is 13.8 Å². The molecule has 0 aliphatic heterocycles. The highest BCUT2D eigenvalue weighted by Crippen LogP contribution is 2.45. The van der Waals surface area contributed by atoms with E-state index in [-0.39, 0.29) is 0 Å². The van der Waals surface area contributed by atoms with E-state index in [1.54, 1.807) is 0 Å². The molecule has 152 valence electrons. The van der Waals surface area contributed by atoms with Gasteiger partial charge in [-0.1, -0.05) is 78.4 Å². The third-order valence-electron chi connectivity index (χ3n) is 5.50. The molecule has 3 nitrogen and oxygen atoms in total. The Bertz CT molecular complexity index is 1380. The first-order chi connectivity index (χ1) is 15.1. The number of rotatable bonds is 4. The van der Waals surface area contributed by atoms with Gasteiger partial charge in [0, 0.05) is 21.5 Å². The first kappa shape index (κ1) is 19.5. The lowest BCUT2D eigenvalue weighted by molar-refractivity contribution is 0.592.